The highest BCUT2D eigenvalue weighted by Gasteiger charge is 2.18. The second kappa shape index (κ2) is 4.46. The number of para-hydroxylation sites is 1. The van der Waals surface area contributed by atoms with Crippen molar-refractivity contribution in [3.63, 3.8) is 0 Å². The van der Waals surface area contributed by atoms with Gasteiger partial charge in [-0.3, -0.25) is 4.79 Å². The molecule has 18 heavy (non-hydrogen) atoms. The Morgan fingerprint density at radius 3 is 3.06 bits per heavy atom. The van der Waals surface area contributed by atoms with Gasteiger partial charge in [-0.25, -0.2) is 0 Å². The molecule has 2 aromatic rings. The van der Waals surface area contributed by atoms with Crippen LogP contribution in [0, 0.1) is 6.92 Å². The minimum absolute atomic E-state index is 0.0145. The summed E-state index contributed by atoms with van der Waals surface area (Å²) in [5, 5.41) is 7.37. The zero-order chi connectivity index (χ0) is 12.5. The van der Waals surface area contributed by atoms with E-state index in [-0.39, 0.29) is 11.9 Å². The van der Waals surface area contributed by atoms with Crippen LogP contribution in [0.3, 0.4) is 0 Å². The zero-order valence-corrected chi connectivity index (χ0v) is 10.4. The summed E-state index contributed by atoms with van der Waals surface area (Å²) in [6.07, 6.45) is 1.00. The van der Waals surface area contributed by atoms with Crippen molar-refractivity contribution in [2.24, 2.45) is 0 Å². The molecule has 4 heteroatoms. The van der Waals surface area contributed by atoms with Crippen LogP contribution in [0.1, 0.15) is 22.5 Å². The van der Waals surface area contributed by atoms with E-state index >= 15 is 0 Å². The number of amides is 1. The average molecular weight is 243 g/mol. The molecule has 0 spiro atoms. The third-order valence-corrected chi connectivity index (χ3v) is 3.50. The van der Waals surface area contributed by atoms with Gasteiger partial charge < -0.3 is 15.6 Å². The van der Waals surface area contributed by atoms with E-state index in [4.69, 9.17) is 0 Å². The van der Waals surface area contributed by atoms with Gasteiger partial charge in [0.25, 0.3) is 5.91 Å². The SMILES string of the molecule is Cc1cccc2cc(C(=O)NC3CCNC3)[nH]c12. The molecule has 1 fully saturated rings. The molecular formula is C14H17N3O. The summed E-state index contributed by atoms with van der Waals surface area (Å²) >= 11 is 0. The smallest absolute Gasteiger partial charge is 0.267 e. The fraction of sp³-hybridized carbons (Fsp3) is 0.357. The Morgan fingerprint density at radius 1 is 1.44 bits per heavy atom. The maximum Gasteiger partial charge on any atom is 0.267 e. The molecule has 3 N–H and O–H groups in total. The number of H-pyrrole nitrogens is 1. The van der Waals surface area contributed by atoms with Crippen molar-refractivity contribution in [2.45, 2.75) is 19.4 Å². The number of aromatic amines is 1. The van der Waals surface area contributed by atoms with Crippen molar-refractivity contribution in [3.8, 4) is 0 Å². The van der Waals surface area contributed by atoms with Crippen molar-refractivity contribution in [3.05, 3.63) is 35.5 Å². The predicted molar refractivity (Wildman–Crippen MR) is 71.8 cm³/mol. The average Bonchev–Trinajstić information content (AvgIpc) is 2.97. The van der Waals surface area contributed by atoms with Crippen LogP contribution in [-0.2, 0) is 0 Å². The molecule has 1 aromatic heterocycles. The Hall–Kier alpha value is -1.81. The van der Waals surface area contributed by atoms with Crippen molar-refractivity contribution in [2.75, 3.05) is 13.1 Å². The van der Waals surface area contributed by atoms with Crippen LogP contribution in [0.25, 0.3) is 10.9 Å². The Kier molecular flexibility index (Phi) is 2.80. The first kappa shape index (κ1) is 11.3. The number of carbonyl (C=O) groups excluding carboxylic acids is 1. The number of rotatable bonds is 2. The van der Waals surface area contributed by atoms with E-state index in [1.54, 1.807) is 0 Å². The van der Waals surface area contributed by atoms with Crippen molar-refractivity contribution < 1.29 is 4.79 Å². The van der Waals surface area contributed by atoms with Crippen LogP contribution in [0.4, 0.5) is 0 Å². The summed E-state index contributed by atoms with van der Waals surface area (Å²) in [7, 11) is 0. The molecule has 3 rings (SSSR count). The van der Waals surface area contributed by atoms with Gasteiger partial charge in [0.15, 0.2) is 0 Å². The molecule has 1 aliphatic heterocycles. The number of aryl methyl sites for hydroxylation is 1. The number of carbonyl (C=O) groups is 1. The molecule has 2 heterocycles. The topological polar surface area (TPSA) is 56.9 Å². The van der Waals surface area contributed by atoms with Gasteiger partial charge in [0, 0.05) is 23.5 Å². The van der Waals surface area contributed by atoms with Gasteiger partial charge in [-0.15, -0.1) is 0 Å². The molecule has 0 saturated carbocycles. The number of fused-ring (bicyclic) bond motifs is 1. The number of hydrogen-bond donors (Lipinski definition) is 3. The molecule has 4 nitrogen and oxygen atoms in total. The van der Waals surface area contributed by atoms with Crippen LogP contribution in [0.15, 0.2) is 24.3 Å². The summed E-state index contributed by atoms with van der Waals surface area (Å²) in [5.74, 6) is -0.0145. The minimum Gasteiger partial charge on any atom is -0.350 e. The summed E-state index contributed by atoms with van der Waals surface area (Å²) in [4.78, 5) is 15.3. The second-order valence-corrected chi connectivity index (χ2v) is 4.89. The Morgan fingerprint density at radius 2 is 2.33 bits per heavy atom. The lowest BCUT2D eigenvalue weighted by Crippen LogP contribution is -2.36. The molecule has 0 bridgehead atoms. The summed E-state index contributed by atoms with van der Waals surface area (Å²) in [6, 6.07) is 8.24. The molecule has 1 amide bonds. The standard InChI is InChI=1S/C14H17N3O/c1-9-3-2-4-10-7-12(17-13(9)10)14(18)16-11-5-6-15-8-11/h2-4,7,11,15,17H,5-6,8H2,1H3,(H,16,18). The lowest BCUT2D eigenvalue weighted by atomic mass is 10.2. The zero-order valence-electron chi connectivity index (χ0n) is 10.4. The van der Waals surface area contributed by atoms with Gasteiger partial charge in [0.1, 0.15) is 5.69 Å². The van der Waals surface area contributed by atoms with Gasteiger partial charge in [0.05, 0.1) is 0 Å². The van der Waals surface area contributed by atoms with Crippen LogP contribution >= 0.6 is 0 Å². The van der Waals surface area contributed by atoms with E-state index in [1.807, 2.05) is 31.2 Å². The van der Waals surface area contributed by atoms with Crippen LogP contribution in [-0.4, -0.2) is 30.0 Å². The third kappa shape index (κ3) is 1.99. The molecular weight excluding hydrogens is 226 g/mol. The fourth-order valence-corrected chi connectivity index (χ4v) is 2.47. The fourth-order valence-electron chi connectivity index (χ4n) is 2.47. The van der Waals surface area contributed by atoms with Crippen molar-refractivity contribution in [1.29, 1.82) is 0 Å². The maximum absolute atomic E-state index is 12.1. The lowest BCUT2D eigenvalue weighted by molar-refractivity contribution is 0.0936. The van der Waals surface area contributed by atoms with E-state index in [2.05, 4.69) is 15.6 Å². The first-order chi connectivity index (χ1) is 8.74. The van der Waals surface area contributed by atoms with Crippen LogP contribution in [0.2, 0.25) is 0 Å². The molecule has 1 unspecified atom stereocenters. The quantitative estimate of drug-likeness (QED) is 0.750. The minimum atomic E-state index is -0.0145. The van der Waals surface area contributed by atoms with Gasteiger partial charge in [-0.05, 0) is 31.5 Å². The predicted octanol–water partition coefficient (Wildman–Crippen LogP) is 1.57. The largest absolute Gasteiger partial charge is 0.350 e. The Balaban J connectivity index is 1.85. The van der Waals surface area contributed by atoms with E-state index in [0.717, 1.165) is 36.0 Å². The molecule has 1 saturated heterocycles. The molecule has 1 aliphatic rings. The molecule has 0 radical (unpaired) electrons. The second-order valence-electron chi connectivity index (χ2n) is 4.89. The summed E-state index contributed by atoms with van der Waals surface area (Å²) in [6.45, 7) is 3.89. The van der Waals surface area contributed by atoms with Crippen LogP contribution < -0.4 is 10.6 Å². The normalized spacial score (nSPS) is 19.3. The monoisotopic (exact) mass is 243 g/mol. The molecule has 1 atom stereocenters. The van der Waals surface area contributed by atoms with Gasteiger partial charge in [-0.1, -0.05) is 18.2 Å². The van der Waals surface area contributed by atoms with E-state index < -0.39 is 0 Å². The highest BCUT2D eigenvalue weighted by atomic mass is 16.1. The first-order valence-corrected chi connectivity index (χ1v) is 6.34. The van der Waals surface area contributed by atoms with Crippen molar-refractivity contribution in [1.82, 2.24) is 15.6 Å². The maximum atomic E-state index is 12.1. The molecule has 1 aromatic carbocycles. The number of hydrogen-bond acceptors (Lipinski definition) is 2. The first-order valence-electron chi connectivity index (χ1n) is 6.34. The highest BCUT2D eigenvalue weighted by Crippen LogP contribution is 2.18. The van der Waals surface area contributed by atoms with E-state index in [0.29, 0.717) is 5.69 Å². The third-order valence-electron chi connectivity index (χ3n) is 3.50. The number of benzene rings is 1. The van der Waals surface area contributed by atoms with Gasteiger partial charge in [-0.2, -0.15) is 0 Å². The van der Waals surface area contributed by atoms with E-state index in [9.17, 15) is 4.79 Å². The Labute approximate surface area is 106 Å². The van der Waals surface area contributed by atoms with Crippen molar-refractivity contribution >= 4 is 16.8 Å². The van der Waals surface area contributed by atoms with Crippen LogP contribution in [0.5, 0.6) is 0 Å². The van der Waals surface area contributed by atoms with Gasteiger partial charge in [0.2, 0.25) is 0 Å². The Bertz CT molecular complexity index is 582. The van der Waals surface area contributed by atoms with E-state index in [1.165, 1.54) is 0 Å². The molecule has 0 aliphatic carbocycles. The lowest BCUT2D eigenvalue weighted by Gasteiger charge is -2.09. The highest BCUT2D eigenvalue weighted by molar-refractivity contribution is 5.98. The summed E-state index contributed by atoms with van der Waals surface area (Å²) in [5.41, 5.74) is 2.85. The van der Waals surface area contributed by atoms with Gasteiger partial charge >= 0.3 is 0 Å². The molecule has 94 valence electrons. The number of nitrogens with one attached hydrogen (secondary N) is 3. The summed E-state index contributed by atoms with van der Waals surface area (Å²) < 4.78 is 0. The number of aromatic nitrogens is 1.